The molecular formula is C58H128O15SSi3. The number of rotatable bonds is 55. The van der Waals surface area contributed by atoms with Gasteiger partial charge in [0.25, 0.3) is 0 Å². The average molecular weight is 1180 g/mol. The summed E-state index contributed by atoms with van der Waals surface area (Å²) in [4.78, 5) is 0. The highest BCUT2D eigenvalue weighted by Gasteiger charge is 2.39. The molecule has 0 heterocycles. The van der Waals surface area contributed by atoms with Crippen molar-refractivity contribution in [2.45, 2.75) is 208 Å². The van der Waals surface area contributed by atoms with E-state index in [1.54, 1.807) is 7.11 Å². The SMILES string of the molecule is CCC(CO)(CO)COCCOCCOCCOCCOC.CCCCCCCCC(CCCCCC)COCC(CC)(CO)CO.CCCC[Si](C)(C)O[Si](C)(C)O[Si](C)(C)CCSCCCOCC(CC)(CO)CO. The first-order chi connectivity index (χ1) is 36.8. The Labute approximate surface area is 481 Å². The summed E-state index contributed by atoms with van der Waals surface area (Å²) in [6, 6.07) is 2.36. The Balaban J connectivity index is -0.00000108. The van der Waals surface area contributed by atoms with Crippen LogP contribution in [0.2, 0.25) is 51.4 Å². The van der Waals surface area contributed by atoms with Gasteiger partial charge in [-0.3, -0.25) is 0 Å². The maximum absolute atomic E-state index is 9.55. The largest absolute Gasteiger partial charge is 0.437 e. The van der Waals surface area contributed by atoms with Crippen LogP contribution < -0.4 is 0 Å². The summed E-state index contributed by atoms with van der Waals surface area (Å²) in [7, 11) is -3.81. The summed E-state index contributed by atoms with van der Waals surface area (Å²) >= 11 is 1.96. The average Bonchev–Trinajstić information content (AvgIpc) is 3.41. The van der Waals surface area contributed by atoms with Gasteiger partial charge < -0.3 is 72.0 Å². The lowest BCUT2D eigenvalue weighted by Crippen LogP contribution is -2.52. The molecule has 0 fully saturated rings. The molecule has 0 saturated carbocycles. The van der Waals surface area contributed by atoms with E-state index >= 15 is 0 Å². The molecule has 0 radical (unpaired) electrons. The van der Waals surface area contributed by atoms with E-state index in [0.717, 1.165) is 43.4 Å². The molecule has 0 aliphatic heterocycles. The molecule has 0 aliphatic rings. The van der Waals surface area contributed by atoms with Crippen molar-refractivity contribution in [1.29, 1.82) is 0 Å². The van der Waals surface area contributed by atoms with E-state index in [-0.39, 0.29) is 39.6 Å². The van der Waals surface area contributed by atoms with E-state index in [9.17, 15) is 30.6 Å². The standard InChI is InChI=1S/C22H46O3.C21H50O5SSi3.C15H32O7/c1-4-7-9-11-12-14-16-21(15-13-10-8-5-2)17-25-20-22(6-3,18-23)19-24;1-9-11-16-28(3,4)25-30(7,8)26-29(5,6)17-15-27-14-12-13-24-20-21(10-2,18-22)19-23;1-3-15(12-16,13-17)14-22-11-10-21-9-8-20-7-6-19-5-4-18-2/h21,23-24H,4-20H2,1-3H3;22-23H,9-20H2,1-8H3;16-17H,3-14H2,1-2H3. The molecule has 1 atom stereocenters. The molecule has 1 unspecified atom stereocenters. The first kappa shape index (κ1) is 81.6. The van der Waals surface area contributed by atoms with Crippen LogP contribution in [-0.2, 0) is 41.4 Å². The summed E-state index contributed by atoms with van der Waals surface area (Å²) in [6.07, 6.45) is 21.4. The molecule has 0 aliphatic carbocycles. The third-order valence-electron chi connectivity index (χ3n) is 14.4. The van der Waals surface area contributed by atoms with Crippen molar-refractivity contribution in [3.8, 4) is 0 Å². The van der Waals surface area contributed by atoms with Gasteiger partial charge in [-0.2, -0.15) is 11.8 Å². The number of ether oxygens (including phenoxy) is 7. The van der Waals surface area contributed by atoms with Crippen LogP contribution in [0.25, 0.3) is 0 Å². The van der Waals surface area contributed by atoms with Crippen LogP contribution in [0.4, 0.5) is 0 Å². The Morgan fingerprint density at radius 2 is 0.753 bits per heavy atom. The first-order valence-electron chi connectivity index (χ1n) is 30.4. The van der Waals surface area contributed by atoms with E-state index in [0.29, 0.717) is 91.6 Å². The third kappa shape index (κ3) is 47.5. The highest BCUT2D eigenvalue weighted by atomic mass is 32.2. The van der Waals surface area contributed by atoms with E-state index < -0.39 is 41.4 Å². The topological polar surface area (TPSA) is 204 Å². The van der Waals surface area contributed by atoms with E-state index in [4.69, 9.17) is 41.4 Å². The number of aliphatic hydroxyl groups excluding tert-OH is 6. The Hall–Kier alpha value is 0.401. The Bertz CT molecular complexity index is 1190. The molecule has 0 aromatic rings. The minimum Gasteiger partial charge on any atom is -0.437 e. The number of hydrogen-bond donors (Lipinski definition) is 6. The molecule has 0 bridgehead atoms. The fourth-order valence-corrected chi connectivity index (χ4v) is 24.6. The molecule has 0 spiro atoms. The first-order valence-corrected chi connectivity index (χ1v) is 40.6. The Morgan fingerprint density at radius 1 is 0.390 bits per heavy atom. The van der Waals surface area contributed by atoms with Crippen LogP contribution >= 0.6 is 11.8 Å². The van der Waals surface area contributed by atoms with Crippen LogP contribution in [0.1, 0.15) is 157 Å². The second-order valence-electron chi connectivity index (χ2n) is 23.2. The van der Waals surface area contributed by atoms with Gasteiger partial charge in [0, 0.05) is 36.6 Å². The zero-order chi connectivity index (χ0) is 58.6. The molecule has 77 heavy (non-hydrogen) atoms. The van der Waals surface area contributed by atoms with Gasteiger partial charge >= 0.3 is 8.56 Å². The number of thioether (sulfide) groups is 1. The van der Waals surface area contributed by atoms with Crippen molar-refractivity contribution in [3.63, 3.8) is 0 Å². The van der Waals surface area contributed by atoms with Gasteiger partial charge in [0.15, 0.2) is 16.6 Å². The van der Waals surface area contributed by atoms with Crippen LogP contribution in [0, 0.1) is 22.2 Å². The fraction of sp³-hybridized carbons (Fsp3) is 1.00. The quantitative estimate of drug-likeness (QED) is 0.0248. The predicted molar refractivity (Wildman–Crippen MR) is 329 cm³/mol. The van der Waals surface area contributed by atoms with Crippen molar-refractivity contribution < 1.29 is 72.0 Å². The van der Waals surface area contributed by atoms with Crippen molar-refractivity contribution in [2.75, 3.05) is 144 Å². The minimum absolute atomic E-state index is 0.00139. The molecule has 19 heteroatoms. The summed E-state index contributed by atoms with van der Waals surface area (Å²) in [6.45, 7) is 33.0. The normalized spacial score (nSPS) is 13.1. The monoisotopic (exact) mass is 1180 g/mol. The van der Waals surface area contributed by atoms with E-state index in [1.165, 1.54) is 95.9 Å². The molecule has 0 amide bonds. The number of methoxy groups -OCH3 is 1. The predicted octanol–water partition coefficient (Wildman–Crippen LogP) is 11.3. The van der Waals surface area contributed by atoms with Gasteiger partial charge in [0.1, 0.15) is 0 Å². The van der Waals surface area contributed by atoms with Crippen LogP contribution in [0.5, 0.6) is 0 Å². The minimum atomic E-state index is -2.09. The lowest BCUT2D eigenvalue weighted by molar-refractivity contribution is -0.0495. The van der Waals surface area contributed by atoms with Crippen molar-refractivity contribution >= 4 is 37.0 Å². The van der Waals surface area contributed by atoms with Gasteiger partial charge in [-0.15, -0.1) is 0 Å². The van der Waals surface area contributed by atoms with E-state index in [2.05, 4.69) is 60.1 Å². The van der Waals surface area contributed by atoms with Crippen LogP contribution in [-0.4, -0.2) is 200 Å². The van der Waals surface area contributed by atoms with Crippen molar-refractivity contribution in [2.24, 2.45) is 22.2 Å². The maximum Gasteiger partial charge on any atom is 0.311 e. The number of aliphatic hydroxyl groups is 6. The van der Waals surface area contributed by atoms with Gasteiger partial charge in [0.2, 0.25) is 0 Å². The molecule has 6 N–H and O–H groups in total. The summed E-state index contributed by atoms with van der Waals surface area (Å²) in [5.41, 5.74) is -1.51. The van der Waals surface area contributed by atoms with Crippen LogP contribution in [0.15, 0.2) is 0 Å². The van der Waals surface area contributed by atoms with Crippen molar-refractivity contribution in [1.82, 2.24) is 0 Å². The zero-order valence-electron chi connectivity index (χ0n) is 52.3. The maximum atomic E-state index is 9.55. The second-order valence-corrected chi connectivity index (χ2v) is 36.9. The number of hydrogen-bond acceptors (Lipinski definition) is 16. The van der Waals surface area contributed by atoms with Crippen LogP contribution in [0.3, 0.4) is 0 Å². The lowest BCUT2D eigenvalue weighted by Gasteiger charge is -2.38. The summed E-state index contributed by atoms with van der Waals surface area (Å²) in [5, 5.41) is 56.5. The van der Waals surface area contributed by atoms with Gasteiger partial charge in [-0.1, -0.05) is 119 Å². The molecule has 0 aromatic carbocycles. The summed E-state index contributed by atoms with van der Waals surface area (Å²) in [5.74, 6) is 2.82. The van der Waals surface area contributed by atoms with Gasteiger partial charge in [-0.05, 0) is 107 Å². The third-order valence-corrected chi connectivity index (χ3v) is 27.2. The fourth-order valence-electron chi connectivity index (χ4n) is 8.35. The highest BCUT2D eigenvalue weighted by molar-refractivity contribution is 7.99. The highest BCUT2D eigenvalue weighted by Crippen LogP contribution is 2.28. The molecule has 0 aromatic heterocycles. The van der Waals surface area contributed by atoms with Crippen molar-refractivity contribution in [3.05, 3.63) is 0 Å². The molecule has 468 valence electrons. The summed E-state index contributed by atoms with van der Waals surface area (Å²) < 4.78 is 51.2. The Morgan fingerprint density at radius 3 is 1.17 bits per heavy atom. The Kier molecular flexibility index (Phi) is 56.3. The smallest absolute Gasteiger partial charge is 0.311 e. The van der Waals surface area contributed by atoms with E-state index in [1.807, 2.05) is 32.5 Å². The molecule has 0 rings (SSSR count). The molecule has 15 nitrogen and oxygen atoms in total. The van der Waals surface area contributed by atoms with Gasteiger partial charge in [-0.25, -0.2) is 0 Å². The molecule has 0 saturated heterocycles. The lowest BCUT2D eigenvalue weighted by atomic mass is 9.88. The van der Waals surface area contributed by atoms with Gasteiger partial charge in [0.05, 0.1) is 112 Å². The molecular weight excluding hydrogens is 1050 g/mol. The second kappa shape index (κ2) is 53.2. The zero-order valence-corrected chi connectivity index (χ0v) is 56.2. The number of unbranched alkanes of at least 4 members (excludes halogenated alkanes) is 9.